The van der Waals surface area contributed by atoms with Crippen molar-refractivity contribution in [3.8, 4) is 0 Å². The summed E-state index contributed by atoms with van der Waals surface area (Å²) < 4.78 is 1.86. The standard InChI is InChI=1S/C17H22N4O2.ClH/c22-16(13-5-2-1-3-6-13)12-19-17(23)15-8-10-21(20-15)14-7-4-9-18-11-14;/h1-3,5-6,8,10,14,16,18,22H,4,7,9,11-12H2,(H,19,23);1H. The van der Waals surface area contributed by atoms with Gasteiger partial charge in [-0.15, -0.1) is 12.4 Å². The first-order chi connectivity index (χ1) is 11.2. The Morgan fingerprint density at radius 1 is 1.38 bits per heavy atom. The summed E-state index contributed by atoms with van der Waals surface area (Å²) in [6, 6.07) is 11.3. The molecule has 0 radical (unpaired) electrons. The van der Waals surface area contributed by atoms with Crippen LogP contribution in [0.2, 0.25) is 0 Å². The molecular weight excluding hydrogens is 328 g/mol. The molecule has 2 aromatic rings. The van der Waals surface area contributed by atoms with Crippen molar-refractivity contribution in [3.05, 3.63) is 53.9 Å². The smallest absolute Gasteiger partial charge is 0.271 e. The highest BCUT2D eigenvalue weighted by atomic mass is 35.5. The van der Waals surface area contributed by atoms with Crippen LogP contribution in [0.3, 0.4) is 0 Å². The van der Waals surface area contributed by atoms with Crippen LogP contribution in [0.15, 0.2) is 42.6 Å². The monoisotopic (exact) mass is 350 g/mol. The van der Waals surface area contributed by atoms with Gasteiger partial charge in [0, 0.05) is 19.3 Å². The van der Waals surface area contributed by atoms with Crippen LogP contribution in [0.1, 0.15) is 41.0 Å². The number of aliphatic hydroxyl groups is 1. The number of hydrogen-bond acceptors (Lipinski definition) is 4. The number of carbonyl (C=O) groups is 1. The van der Waals surface area contributed by atoms with Crippen molar-refractivity contribution in [3.63, 3.8) is 0 Å². The van der Waals surface area contributed by atoms with Crippen molar-refractivity contribution in [2.45, 2.75) is 25.0 Å². The first kappa shape index (κ1) is 18.4. The van der Waals surface area contributed by atoms with Crippen molar-refractivity contribution in [1.82, 2.24) is 20.4 Å². The van der Waals surface area contributed by atoms with Gasteiger partial charge in [-0.25, -0.2) is 0 Å². The predicted molar refractivity (Wildman–Crippen MR) is 94.4 cm³/mol. The summed E-state index contributed by atoms with van der Waals surface area (Å²) >= 11 is 0. The van der Waals surface area contributed by atoms with Gasteiger partial charge in [0.2, 0.25) is 0 Å². The quantitative estimate of drug-likeness (QED) is 0.766. The lowest BCUT2D eigenvalue weighted by Crippen LogP contribution is -2.32. The second kappa shape index (κ2) is 8.82. The molecule has 2 atom stereocenters. The largest absolute Gasteiger partial charge is 0.387 e. The molecule has 24 heavy (non-hydrogen) atoms. The minimum absolute atomic E-state index is 0. The van der Waals surface area contributed by atoms with E-state index in [4.69, 9.17) is 0 Å². The molecule has 0 aliphatic carbocycles. The maximum absolute atomic E-state index is 12.2. The number of piperidine rings is 1. The third kappa shape index (κ3) is 4.56. The third-order valence-electron chi connectivity index (χ3n) is 4.13. The number of benzene rings is 1. The molecule has 2 unspecified atom stereocenters. The molecule has 1 saturated heterocycles. The van der Waals surface area contributed by atoms with E-state index in [1.807, 2.05) is 41.2 Å². The second-order valence-corrected chi connectivity index (χ2v) is 5.82. The summed E-state index contributed by atoms with van der Waals surface area (Å²) in [5.41, 5.74) is 1.17. The molecule has 1 aliphatic heterocycles. The van der Waals surface area contributed by atoms with Gasteiger partial charge in [0.1, 0.15) is 5.69 Å². The van der Waals surface area contributed by atoms with Gasteiger partial charge in [-0.05, 0) is 31.0 Å². The van der Waals surface area contributed by atoms with E-state index in [1.54, 1.807) is 6.07 Å². The lowest BCUT2D eigenvalue weighted by Gasteiger charge is -2.22. The molecule has 0 bridgehead atoms. The molecule has 1 aliphatic rings. The summed E-state index contributed by atoms with van der Waals surface area (Å²) in [6.45, 7) is 2.10. The number of rotatable bonds is 5. The molecule has 1 aromatic heterocycles. The number of amides is 1. The molecule has 6 nitrogen and oxygen atoms in total. The minimum atomic E-state index is -0.718. The highest BCUT2D eigenvalue weighted by molar-refractivity contribution is 5.92. The van der Waals surface area contributed by atoms with E-state index in [9.17, 15) is 9.90 Å². The minimum Gasteiger partial charge on any atom is -0.387 e. The zero-order valence-corrected chi connectivity index (χ0v) is 14.2. The molecule has 130 valence electrons. The molecule has 3 rings (SSSR count). The van der Waals surface area contributed by atoms with E-state index in [0.29, 0.717) is 11.7 Å². The Morgan fingerprint density at radius 2 is 2.17 bits per heavy atom. The van der Waals surface area contributed by atoms with Gasteiger partial charge < -0.3 is 15.7 Å². The van der Waals surface area contributed by atoms with E-state index in [2.05, 4.69) is 15.7 Å². The number of nitrogens with zero attached hydrogens (tertiary/aromatic N) is 2. The number of aliphatic hydroxyl groups excluding tert-OH is 1. The number of hydrogen-bond donors (Lipinski definition) is 3. The van der Waals surface area contributed by atoms with E-state index in [1.165, 1.54) is 0 Å². The van der Waals surface area contributed by atoms with Crippen molar-refractivity contribution >= 4 is 18.3 Å². The maximum Gasteiger partial charge on any atom is 0.271 e. The van der Waals surface area contributed by atoms with Crippen LogP contribution in [-0.4, -0.2) is 40.4 Å². The Hall–Kier alpha value is -1.89. The van der Waals surface area contributed by atoms with Crippen LogP contribution < -0.4 is 10.6 Å². The molecule has 0 spiro atoms. The fourth-order valence-corrected chi connectivity index (χ4v) is 2.79. The topological polar surface area (TPSA) is 79.2 Å². The molecule has 1 amide bonds. The molecule has 3 N–H and O–H groups in total. The number of nitrogens with one attached hydrogen (secondary N) is 2. The zero-order valence-electron chi connectivity index (χ0n) is 13.4. The van der Waals surface area contributed by atoms with Crippen LogP contribution in [0.4, 0.5) is 0 Å². The summed E-state index contributed by atoms with van der Waals surface area (Å²) in [5.74, 6) is -0.262. The molecule has 2 heterocycles. The van der Waals surface area contributed by atoms with E-state index < -0.39 is 6.10 Å². The van der Waals surface area contributed by atoms with Crippen LogP contribution in [-0.2, 0) is 0 Å². The number of carbonyl (C=O) groups excluding carboxylic acids is 1. The second-order valence-electron chi connectivity index (χ2n) is 5.82. The average molecular weight is 351 g/mol. The van der Waals surface area contributed by atoms with Crippen molar-refractivity contribution < 1.29 is 9.90 Å². The van der Waals surface area contributed by atoms with Crippen LogP contribution >= 0.6 is 12.4 Å². The lowest BCUT2D eigenvalue weighted by atomic mass is 10.1. The Bertz CT molecular complexity index is 641. The van der Waals surface area contributed by atoms with Crippen LogP contribution in [0, 0.1) is 0 Å². The highest BCUT2D eigenvalue weighted by Crippen LogP contribution is 2.16. The summed E-state index contributed by atoms with van der Waals surface area (Å²) in [7, 11) is 0. The maximum atomic E-state index is 12.2. The average Bonchev–Trinajstić information content (AvgIpc) is 3.11. The first-order valence-corrected chi connectivity index (χ1v) is 8.01. The first-order valence-electron chi connectivity index (χ1n) is 8.01. The van der Waals surface area contributed by atoms with Crippen molar-refractivity contribution in [2.75, 3.05) is 19.6 Å². The molecule has 0 saturated carbocycles. The molecule has 1 aromatic carbocycles. The lowest BCUT2D eigenvalue weighted by molar-refractivity contribution is 0.0910. The van der Waals surface area contributed by atoms with Gasteiger partial charge in [-0.1, -0.05) is 30.3 Å². The molecular formula is C17H23ClN4O2. The Kier molecular flexibility index (Phi) is 6.78. The third-order valence-corrected chi connectivity index (χ3v) is 4.13. The fourth-order valence-electron chi connectivity index (χ4n) is 2.79. The zero-order chi connectivity index (χ0) is 16.1. The van der Waals surface area contributed by atoms with Crippen molar-refractivity contribution in [1.29, 1.82) is 0 Å². The van der Waals surface area contributed by atoms with E-state index in [0.717, 1.165) is 31.5 Å². The summed E-state index contributed by atoms with van der Waals surface area (Å²) in [6.07, 6.45) is 3.32. The summed E-state index contributed by atoms with van der Waals surface area (Å²) in [5, 5.41) is 20.5. The summed E-state index contributed by atoms with van der Waals surface area (Å²) in [4.78, 5) is 12.2. The van der Waals surface area contributed by atoms with Gasteiger partial charge in [0.05, 0.1) is 12.1 Å². The van der Waals surface area contributed by atoms with Gasteiger partial charge in [-0.3, -0.25) is 9.48 Å². The van der Waals surface area contributed by atoms with Gasteiger partial charge in [0.15, 0.2) is 0 Å². The van der Waals surface area contributed by atoms with E-state index in [-0.39, 0.29) is 24.9 Å². The van der Waals surface area contributed by atoms with Crippen LogP contribution in [0.5, 0.6) is 0 Å². The van der Waals surface area contributed by atoms with E-state index >= 15 is 0 Å². The predicted octanol–water partition coefficient (Wildman–Crippen LogP) is 1.69. The number of aromatic nitrogens is 2. The Balaban J connectivity index is 0.00000208. The number of halogens is 1. The van der Waals surface area contributed by atoms with Gasteiger partial charge in [0.25, 0.3) is 5.91 Å². The van der Waals surface area contributed by atoms with Gasteiger partial charge >= 0.3 is 0 Å². The van der Waals surface area contributed by atoms with Crippen LogP contribution in [0.25, 0.3) is 0 Å². The normalized spacial score (nSPS) is 18.5. The highest BCUT2D eigenvalue weighted by Gasteiger charge is 2.18. The SMILES string of the molecule is Cl.O=C(NCC(O)c1ccccc1)c1ccn(C2CCCNC2)n1. The Labute approximate surface area is 147 Å². The Morgan fingerprint density at radius 3 is 2.88 bits per heavy atom. The fraction of sp³-hybridized carbons (Fsp3) is 0.412. The molecule has 1 fully saturated rings. The molecule has 7 heteroatoms. The van der Waals surface area contributed by atoms with Crippen molar-refractivity contribution in [2.24, 2.45) is 0 Å². The van der Waals surface area contributed by atoms with Gasteiger partial charge in [-0.2, -0.15) is 5.10 Å².